The van der Waals surface area contributed by atoms with Gasteiger partial charge < -0.3 is 15.9 Å². The highest BCUT2D eigenvalue weighted by molar-refractivity contribution is 6.31. The van der Waals surface area contributed by atoms with Gasteiger partial charge in [0.15, 0.2) is 0 Å². The smallest absolute Gasteiger partial charge is 0.303 e. The van der Waals surface area contributed by atoms with Crippen LogP contribution in [0.15, 0.2) is 12.1 Å². The SMILES string of the molecule is CC(C)c1cc(O)c(C(N)CCC(=O)O)cc1Cl. The normalized spacial score (nSPS) is 12.7. The number of hydrogen-bond donors (Lipinski definition) is 3. The molecule has 0 heterocycles. The van der Waals surface area contributed by atoms with Crippen molar-refractivity contribution in [1.82, 2.24) is 0 Å². The van der Waals surface area contributed by atoms with E-state index >= 15 is 0 Å². The van der Waals surface area contributed by atoms with Crippen molar-refractivity contribution in [2.45, 2.75) is 38.6 Å². The molecule has 4 N–H and O–H groups in total. The lowest BCUT2D eigenvalue weighted by molar-refractivity contribution is -0.137. The van der Waals surface area contributed by atoms with Gasteiger partial charge in [-0.3, -0.25) is 4.79 Å². The summed E-state index contributed by atoms with van der Waals surface area (Å²) < 4.78 is 0. The van der Waals surface area contributed by atoms with Crippen LogP contribution in [0, 0.1) is 0 Å². The maximum Gasteiger partial charge on any atom is 0.303 e. The molecule has 0 bridgehead atoms. The number of hydrogen-bond acceptors (Lipinski definition) is 3. The molecule has 0 amide bonds. The number of aliphatic carboxylic acids is 1. The summed E-state index contributed by atoms with van der Waals surface area (Å²) in [7, 11) is 0. The van der Waals surface area contributed by atoms with Gasteiger partial charge in [-0.2, -0.15) is 0 Å². The van der Waals surface area contributed by atoms with Crippen LogP contribution in [0.1, 0.15) is 49.8 Å². The fourth-order valence-corrected chi connectivity index (χ4v) is 2.16. The van der Waals surface area contributed by atoms with Crippen molar-refractivity contribution in [3.63, 3.8) is 0 Å². The minimum Gasteiger partial charge on any atom is -0.508 e. The van der Waals surface area contributed by atoms with Gasteiger partial charge in [0, 0.05) is 23.0 Å². The van der Waals surface area contributed by atoms with Gasteiger partial charge in [0.05, 0.1) is 0 Å². The van der Waals surface area contributed by atoms with Crippen LogP contribution in [-0.4, -0.2) is 16.2 Å². The first-order valence-electron chi connectivity index (χ1n) is 5.82. The molecule has 0 fully saturated rings. The molecule has 1 unspecified atom stereocenters. The van der Waals surface area contributed by atoms with E-state index in [0.717, 1.165) is 5.56 Å². The molecule has 100 valence electrons. The summed E-state index contributed by atoms with van der Waals surface area (Å²) in [6.45, 7) is 3.95. The molecule has 0 aliphatic heterocycles. The number of halogens is 1. The van der Waals surface area contributed by atoms with Crippen LogP contribution in [0.25, 0.3) is 0 Å². The van der Waals surface area contributed by atoms with Crippen LogP contribution < -0.4 is 5.73 Å². The van der Waals surface area contributed by atoms with Crippen LogP contribution in [0.5, 0.6) is 5.75 Å². The zero-order valence-corrected chi connectivity index (χ0v) is 11.2. The number of carbonyl (C=O) groups is 1. The van der Waals surface area contributed by atoms with Crippen molar-refractivity contribution in [2.24, 2.45) is 5.73 Å². The van der Waals surface area contributed by atoms with Gasteiger partial charge in [0.2, 0.25) is 0 Å². The van der Waals surface area contributed by atoms with E-state index in [1.165, 1.54) is 0 Å². The van der Waals surface area contributed by atoms with Crippen molar-refractivity contribution in [3.8, 4) is 5.75 Å². The second-order valence-corrected chi connectivity index (χ2v) is 5.03. The van der Waals surface area contributed by atoms with Crippen LogP contribution in [0.2, 0.25) is 5.02 Å². The number of aromatic hydroxyl groups is 1. The number of phenols is 1. The number of nitrogens with two attached hydrogens (primary N) is 1. The Morgan fingerprint density at radius 1 is 1.39 bits per heavy atom. The molecule has 1 aromatic rings. The Bertz CT molecular complexity index is 446. The Hall–Kier alpha value is -1.26. The Kier molecular flexibility index (Phi) is 4.99. The third-order valence-electron chi connectivity index (χ3n) is 2.84. The first-order chi connectivity index (χ1) is 8.32. The summed E-state index contributed by atoms with van der Waals surface area (Å²) in [5, 5.41) is 19.1. The van der Waals surface area contributed by atoms with Gasteiger partial charge in [-0.1, -0.05) is 25.4 Å². The molecular weight excluding hydrogens is 254 g/mol. The number of rotatable bonds is 5. The molecular formula is C13H18ClNO3. The average Bonchev–Trinajstić information content (AvgIpc) is 2.28. The predicted molar refractivity (Wildman–Crippen MR) is 71.0 cm³/mol. The van der Waals surface area contributed by atoms with Crippen molar-refractivity contribution >= 4 is 17.6 Å². The Morgan fingerprint density at radius 3 is 2.50 bits per heavy atom. The van der Waals surface area contributed by atoms with Crippen molar-refractivity contribution in [2.75, 3.05) is 0 Å². The molecule has 0 radical (unpaired) electrons. The van der Waals surface area contributed by atoms with E-state index in [-0.39, 0.29) is 24.5 Å². The van der Waals surface area contributed by atoms with E-state index in [9.17, 15) is 9.90 Å². The van der Waals surface area contributed by atoms with E-state index in [1.807, 2.05) is 13.8 Å². The lowest BCUT2D eigenvalue weighted by atomic mass is 9.96. The summed E-state index contributed by atoms with van der Waals surface area (Å²) in [5.74, 6) is -0.636. The van der Waals surface area contributed by atoms with Crippen molar-refractivity contribution in [3.05, 3.63) is 28.3 Å². The van der Waals surface area contributed by atoms with E-state index in [4.69, 9.17) is 22.4 Å². The lowest BCUT2D eigenvalue weighted by Gasteiger charge is -2.16. The van der Waals surface area contributed by atoms with Crippen LogP contribution >= 0.6 is 11.6 Å². The first kappa shape index (κ1) is 14.8. The van der Waals surface area contributed by atoms with Gasteiger partial charge >= 0.3 is 5.97 Å². The number of carboxylic acid groups (broad SMARTS) is 1. The number of benzene rings is 1. The summed E-state index contributed by atoms with van der Waals surface area (Å²) in [4.78, 5) is 10.5. The third-order valence-corrected chi connectivity index (χ3v) is 3.16. The minimum atomic E-state index is -0.908. The molecule has 0 spiro atoms. The maximum atomic E-state index is 10.5. The Balaban J connectivity index is 2.96. The van der Waals surface area contributed by atoms with E-state index in [0.29, 0.717) is 10.6 Å². The second kappa shape index (κ2) is 6.07. The van der Waals surface area contributed by atoms with E-state index in [2.05, 4.69) is 0 Å². The quantitative estimate of drug-likeness (QED) is 0.769. The summed E-state index contributed by atoms with van der Waals surface area (Å²) in [5.41, 5.74) is 7.20. The van der Waals surface area contributed by atoms with E-state index < -0.39 is 12.0 Å². The van der Waals surface area contributed by atoms with Gasteiger partial charge in [-0.15, -0.1) is 0 Å². The Morgan fingerprint density at radius 2 is 2.00 bits per heavy atom. The summed E-state index contributed by atoms with van der Waals surface area (Å²) >= 11 is 6.12. The molecule has 5 heteroatoms. The van der Waals surface area contributed by atoms with E-state index in [1.54, 1.807) is 12.1 Å². The molecule has 0 aliphatic rings. The molecule has 4 nitrogen and oxygen atoms in total. The van der Waals surface area contributed by atoms with Crippen LogP contribution in [0.4, 0.5) is 0 Å². The lowest BCUT2D eigenvalue weighted by Crippen LogP contribution is -2.13. The standard InChI is InChI=1S/C13H18ClNO3/c1-7(2)8-6-12(16)9(5-10(8)14)11(15)3-4-13(17)18/h5-7,11,16H,3-4,15H2,1-2H3,(H,17,18). The molecule has 1 aromatic carbocycles. The van der Waals surface area contributed by atoms with Gasteiger partial charge in [-0.05, 0) is 30.0 Å². The molecule has 1 rings (SSSR count). The van der Waals surface area contributed by atoms with Crippen LogP contribution in [-0.2, 0) is 4.79 Å². The average molecular weight is 272 g/mol. The molecule has 0 saturated heterocycles. The molecule has 0 aromatic heterocycles. The summed E-state index contributed by atoms with van der Waals surface area (Å²) in [6.07, 6.45) is 0.227. The fourth-order valence-electron chi connectivity index (χ4n) is 1.77. The predicted octanol–water partition coefficient (Wildman–Crippen LogP) is 3.03. The zero-order chi connectivity index (χ0) is 13.9. The summed E-state index contributed by atoms with van der Waals surface area (Å²) in [6, 6.07) is 2.70. The molecule has 0 saturated carbocycles. The Labute approximate surface area is 111 Å². The fraction of sp³-hybridized carbons (Fsp3) is 0.462. The second-order valence-electron chi connectivity index (χ2n) is 4.63. The van der Waals surface area contributed by atoms with Crippen LogP contribution in [0.3, 0.4) is 0 Å². The third kappa shape index (κ3) is 3.62. The number of carboxylic acids is 1. The van der Waals surface area contributed by atoms with Gasteiger partial charge in [0.25, 0.3) is 0 Å². The van der Waals surface area contributed by atoms with Gasteiger partial charge in [0.1, 0.15) is 5.75 Å². The van der Waals surface area contributed by atoms with Crippen molar-refractivity contribution < 1.29 is 15.0 Å². The largest absolute Gasteiger partial charge is 0.508 e. The first-order valence-corrected chi connectivity index (χ1v) is 6.20. The minimum absolute atomic E-state index is 0.0375. The molecule has 1 atom stereocenters. The van der Waals surface area contributed by atoms with Crippen molar-refractivity contribution in [1.29, 1.82) is 0 Å². The molecule has 18 heavy (non-hydrogen) atoms. The number of phenolic OH excluding ortho intramolecular Hbond substituents is 1. The maximum absolute atomic E-state index is 10.5. The highest BCUT2D eigenvalue weighted by Crippen LogP contribution is 2.34. The highest BCUT2D eigenvalue weighted by atomic mass is 35.5. The monoisotopic (exact) mass is 271 g/mol. The zero-order valence-electron chi connectivity index (χ0n) is 10.5. The highest BCUT2D eigenvalue weighted by Gasteiger charge is 2.16. The topological polar surface area (TPSA) is 83.5 Å². The van der Waals surface area contributed by atoms with Gasteiger partial charge in [-0.25, -0.2) is 0 Å². The molecule has 0 aliphatic carbocycles.